The van der Waals surface area contributed by atoms with Crippen LogP contribution >= 0.6 is 0 Å². The van der Waals surface area contributed by atoms with E-state index in [0.717, 1.165) is 32.0 Å². The van der Waals surface area contributed by atoms with E-state index >= 15 is 0 Å². The quantitative estimate of drug-likeness (QED) is 0.484. The third-order valence-electron chi connectivity index (χ3n) is 2.24. The third-order valence-corrected chi connectivity index (χ3v) is 2.24. The van der Waals surface area contributed by atoms with Gasteiger partial charge in [-0.1, -0.05) is 0 Å². The summed E-state index contributed by atoms with van der Waals surface area (Å²) in [6.45, 7) is 0.302. The Morgan fingerprint density at radius 3 is 2.45 bits per heavy atom. The van der Waals surface area contributed by atoms with Crippen molar-refractivity contribution in [2.75, 3.05) is 6.73 Å². The number of nitrogens with two attached hydrogens (primary N) is 1. The Kier molecular flexibility index (Phi) is 3.52. The topological polar surface area (TPSA) is 52.3 Å². The lowest BCUT2D eigenvalue weighted by Gasteiger charge is -2.24. The molecule has 0 radical (unpaired) electrons. The number of rotatable bonds is 3. The Labute approximate surface area is 66.9 Å². The predicted molar refractivity (Wildman–Crippen MR) is 41.9 cm³/mol. The first-order chi connectivity index (χ1) is 5.36. The van der Waals surface area contributed by atoms with Gasteiger partial charge in [0.25, 0.3) is 0 Å². The molecular formula is C8H15NO2. The molecule has 64 valence electrons. The zero-order chi connectivity index (χ0) is 8.10. The van der Waals surface area contributed by atoms with Gasteiger partial charge < -0.3 is 15.3 Å². The smallest absolute Gasteiger partial charge is 0.123 e. The van der Waals surface area contributed by atoms with Gasteiger partial charge in [0.15, 0.2) is 0 Å². The Balaban J connectivity index is 2.18. The van der Waals surface area contributed by atoms with Crippen molar-refractivity contribution in [3.05, 3.63) is 0 Å². The van der Waals surface area contributed by atoms with Crippen LogP contribution < -0.4 is 5.73 Å². The number of carbonyl (C=O) groups excluding carboxylic acids is 1. The summed E-state index contributed by atoms with van der Waals surface area (Å²) < 4.78 is 5.24. The summed E-state index contributed by atoms with van der Waals surface area (Å²) in [5.41, 5.74) is 5.23. The van der Waals surface area contributed by atoms with Crippen LogP contribution in [0.3, 0.4) is 0 Å². The molecule has 0 atom stereocenters. The minimum Gasteiger partial charge on any atom is -0.363 e. The van der Waals surface area contributed by atoms with Gasteiger partial charge in [0.1, 0.15) is 6.29 Å². The van der Waals surface area contributed by atoms with Gasteiger partial charge in [-0.2, -0.15) is 0 Å². The molecule has 0 aliphatic heterocycles. The summed E-state index contributed by atoms with van der Waals surface area (Å²) in [7, 11) is 0. The van der Waals surface area contributed by atoms with Crippen molar-refractivity contribution in [2.24, 2.45) is 11.7 Å². The number of carbonyl (C=O) groups is 1. The second kappa shape index (κ2) is 4.46. The molecule has 1 aliphatic carbocycles. The van der Waals surface area contributed by atoms with Crippen molar-refractivity contribution in [3.63, 3.8) is 0 Å². The molecule has 0 saturated heterocycles. The van der Waals surface area contributed by atoms with Gasteiger partial charge in [-0.3, -0.25) is 0 Å². The fourth-order valence-electron chi connectivity index (χ4n) is 1.53. The van der Waals surface area contributed by atoms with Gasteiger partial charge >= 0.3 is 0 Å². The molecule has 3 heteroatoms. The van der Waals surface area contributed by atoms with E-state index in [1.165, 1.54) is 0 Å². The fraction of sp³-hybridized carbons (Fsp3) is 0.875. The van der Waals surface area contributed by atoms with Crippen molar-refractivity contribution in [3.8, 4) is 0 Å². The third kappa shape index (κ3) is 2.60. The van der Waals surface area contributed by atoms with E-state index < -0.39 is 0 Å². The summed E-state index contributed by atoms with van der Waals surface area (Å²) in [4.78, 5) is 10.4. The molecule has 1 rings (SSSR count). The molecule has 3 nitrogen and oxygen atoms in total. The molecule has 0 aromatic heterocycles. The summed E-state index contributed by atoms with van der Waals surface area (Å²) in [5.74, 6) is 0.271. The second-order valence-corrected chi connectivity index (χ2v) is 3.01. The second-order valence-electron chi connectivity index (χ2n) is 3.01. The maximum absolute atomic E-state index is 10.4. The summed E-state index contributed by atoms with van der Waals surface area (Å²) in [6.07, 6.45) is 5.26. The lowest BCUT2D eigenvalue weighted by atomic mass is 9.88. The maximum Gasteiger partial charge on any atom is 0.123 e. The van der Waals surface area contributed by atoms with E-state index in [-0.39, 0.29) is 5.92 Å². The molecule has 2 N–H and O–H groups in total. The maximum atomic E-state index is 10.4. The van der Waals surface area contributed by atoms with E-state index in [4.69, 9.17) is 10.5 Å². The van der Waals surface area contributed by atoms with Crippen LogP contribution in [0.2, 0.25) is 0 Å². The van der Waals surface area contributed by atoms with Crippen molar-refractivity contribution < 1.29 is 9.53 Å². The number of hydrogen-bond acceptors (Lipinski definition) is 3. The average molecular weight is 157 g/mol. The molecule has 1 aliphatic rings. The van der Waals surface area contributed by atoms with Gasteiger partial charge in [0, 0.05) is 5.92 Å². The first-order valence-corrected chi connectivity index (χ1v) is 4.13. The van der Waals surface area contributed by atoms with E-state index in [1.54, 1.807) is 0 Å². The standard InChI is InChI=1S/C8H15NO2/c9-6-11-8-3-1-7(5-10)2-4-8/h5,7-8H,1-4,6,9H2. The van der Waals surface area contributed by atoms with E-state index in [9.17, 15) is 4.79 Å². The highest BCUT2D eigenvalue weighted by Gasteiger charge is 2.20. The summed E-state index contributed by atoms with van der Waals surface area (Å²) in [5, 5.41) is 0. The molecular weight excluding hydrogens is 142 g/mol. The zero-order valence-electron chi connectivity index (χ0n) is 6.66. The lowest BCUT2D eigenvalue weighted by Crippen LogP contribution is -2.24. The first kappa shape index (κ1) is 8.68. The van der Waals surface area contributed by atoms with E-state index in [2.05, 4.69) is 0 Å². The first-order valence-electron chi connectivity index (χ1n) is 4.13. The van der Waals surface area contributed by atoms with Gasteiger partial charge in [-0.25, -0.2) is 0 Å². The zero-order valence-corrected chi connectivity index (χ0v) is 6.66. The minimum absolute atomic E-state index is 0.271. The monoisotopic (exact) mass is 157 g/mol. The van der Waals surface area contributed by atoms with Crippen LogP contribution in [0.1, 0.15) is 25.7 Å². The molecule has 0 spiro atoms. The van der Waals surface area contributed by atoms with Crippen molar-refractivity contribution in [1.82, 2.24) is 0 Å². The normalized spacial score (nSPS) is 31.7. The number of hydrogen-bond donors (Lipinski definition) is 1. The molecule has 0 bridgehead atoms. The van der Waals surface area contributed by atoms with Crippen LogP contribution in [0.5, 0.6) is 0 Å². The molecule has 0 aromatic rings. The van der Waals surface area contributed by atoms with Crippen LogP contribution in [-0.4, -0.2) is 19.1 Å². The van der Waals surface area contributed by atoms with E-state index in [0.29, 0.717) is 12.8 Å². The van der Waals surface area contributed by atoms with E-state index in [1.807, 2.05) is 0 Å². The van der Waals surface area contributed by atoms with Crippen LogP contribution in [-0.2, 0) is 9.53 Å². The SMILES string of the molecule is NCOC1CCC(C=O)CC1. The minimum atomic E-state index is 0.271. The van der Waals surface area contributed by atoms with Crippen LogP contribution in [0.4, 0.5) is 0 Å². The Hall–Kier alpha value is -0.410. The average Bonchev–Trinajstić information content (AvgIpc) is 2.07. The summed E-state index contributed by atoms with van der Waals surface area (Å²) in [6, 6.07) is 0. The lowest BCUT2D eigenvalue weighted by molar-refractivity contribution is -0.112. The molecule has 11 heavy (non-hydrogen) atoms. The Morgan fingerprint density at radius 1 is 1.36 bits per heavy atom. The van der Waals surface area contributed by atoms with Crippen LogP contribution in [0.15, 0.2) is 0 Å². The Morgan fingerprint density at radius 2 is 2.00 bits per heavy atom. The van der Waals surface area contributed by atoms with Crippen molar-refractivity contribution in [2.45, 2.75) is 31.8 Å². The Bertz CT molecular complexity index is 119. The molecule has 0 heterocycles. The molecule has 1 saturated carbocycles. The molecule has 0 unspecified atom stereocenters. The van der Waals surface area contributed by atoms with Crippen molar-refractivity contribution in [1.29, 1.82) is 0 Å². The highest BCUT2D eigenvalue weighted by Crippen LogP contribution is 2.24. The molecule has 0 amide bonds. The van der Waals surface area contributed by atoms with Crippen LogP contribution in [0, 0.1) is 5.92 Å². The predicted octanol–water partition coefficient (Wildman–Crippen LogP) is 0.677. The number of aldehydes is 1. The van der Waals surface area contributed by atoms with Gasteiger partial charge in [0.05, 0.1) is 12.8 Å². The van der Waals surface area contributed by atoms with Gasteiger partial charge in [-0.05, 0) is 25.7 Å². The molecule has 1 fully saturated rings. The fourth-order valence-corrected chi connectivity index (χ4v) is 1.53. The molecule has 0 aromatic carbocycles. The van der Waals surface area contributed by atoms with Gasteiger partial charge in [0.2, 0.25) is 0 Å². The summed E-state index contributed by atoms with van der Waals surface area (Å²) >= 11 is 0. The largest absolute Gasteiger partial charge is 0.363 e. The highest BCUT2D eigenvalue weighted by molar-refractivity contribution is 5.53. The van der Waals surface area contributed by atoms with Gasteiger partial charge in [-0.15, -0.1) is 0 Å². The number of ether oxygens (including phenoxy) is 1. The van der Waals surface area contributed by atoms with Crippen molar-refractivity contribution >= 4 is 6.29 Å². The van der Waals surface area contributed by atoms with Crippen LogP contribution in [0.25, 0.3) is 0 Å². The highest BCUT2D eigenvalue weighted by atomic mass is 16.5.